The zero-order valence-corrected chi connectivity index (χ0v) is 8.83. The first-order valence-corrected chi connectivity index (χ1v) is 4.61. The molecular weight excluding hydrogens is 212 g/mol. The van der Waals surface area contributed by atoms with Crippen LogP contribution in [0.25, 0.3) is 0 Å². The molecule has 0 saturated carbocycles. The van der Waals surface area contributed by atoms with Crippen molar-refractivity contribution in [3.05, 3.63) is 35.9 Å². The average molecular weight is 226 g/mol. The highest BCUT2D eigenvalue weighted by molar-refractivity contribution is 6.27. The van der Waals surface area contributed by atoms with Gasteiger partial charge in [-0.2, -0.15) is 0 Å². The van der Waals surface area contributed by atoms with Gasteiger partial charge in [-0.1, -0.05) is 30.3 Å². The Bertz CT molecular complexity index is 319. The number of aliphatic hydroxyl groups is 1. The number of carboxylic acid groups (broad SMARTS) is 2. The van der Waals surface area contributed by atoms with Gasteiger partial charge < -0.3 is 15.3 Å². The monoisotopic (exact) mass is 226 g/mol. The van der Waals surface area contributed by atoms with Crippen LogP contribution in [-0.2, 0) is 16.0 Å². The maximum atomic E-state index is 9.10. The number of hydrogen-bond acceptors (Lipinski definition) is 3. The van der Waals surface area contributed by atoms with Gasteiger partial charge in [-0.05, 0) is 18.9 Å². The van der Waals surface area contributed by atoms with Gasteiger partial charge in [0.25, 0.3) is 0 Å². The minimum Gasteiger partial charge on any atom is -0.473 e. The van der Waals surface area contributed by atoms with Crippen LogP contribution in [0.15, 0.2) is 30.3 Å². The van der Waals surface area contributed by atoms with Crippen molar-refractivity contribution in [1.82, 2.24) is 0 Å². The van der Waals surface area contributed by atoms with Gasteiger partial charge in [-0.3, -0.25) is 0 Å². The van der Waals surface area contributed by atoms with E-state index in [0.717, 1.165) is 6.42 Å². The van der Waals surface area contributed by atoms with E-state index in [-0.39, 0.29) is 6.10 Å². The van der Waals surface area contributed by atoms with Crippen LogP contribution in [-0.4, -0.2) is 33.4 Å². The molecule has 1 atom stereocenters. The maximum Gasteiger partial charge on any atom is 0.414 e. The molecule has 5 nitrogen and oxygen atoms in total. The third-order valence-electron chi connectivity index (χ3n) is 1.56. The quantitative estimate of drug-likeness (QED) is 0.647. The van der Waals surface area contributed by atoms with Gasteiger partial charge in [0.05, 0.1) is 6.10 Å². The lowest BCUT2D eigenvalue weighted by molar-refractivity contribution is -0.159. The van der Waals surface area contributed by atoms with Gasteiger partial charge in [-0.15, -0.1) is 0 Å². The second kappa shape index (κ2) is 7.42. The Labute approximate surface area is 93.0 Å². The molecule has 0 bridgehead atoms. The minimum atomic E-state index is -1.82. The van der Waals surface area contributed by atoms with Crippen LogP contribution in [0, 0.1) is 0 Å². The Morgan fingerprint density at radius 3 is 1.88 bits per heavy atom. The summed E-state index contributed by atoms with van der Waals surface area (Å²) in [6.45, 7) is 1.80. The summed E-state index contributed by atoms with van der Waals surface area (Å²) in [6, 6.07) is 9.99. The molecule has 0 aromatic heterocycles. The molecule has 1 aromatic rings. The number of aliphatic hydroxyl groups excluding tert-OH is 1. The molecule has 1 aromatic carbocycles. The van der Waals surface area contributed by atoms with E-state index in [4.69, 9.17) is 24.9 Å². The van der Waals surface area contributed by atoms with Crippen molar-refractivity contribution >= 4 is 11.9 Å². The summed E-state index contributed by atoms with van der Waals surface area (Å²) in [4.78, 5) is 18.2. The van der Waals surface area contributed by atoms with Crippen LogP contribution in [0.5, 0.6) is 0 Å². The summed E-state index contributed by atoms with van der Waals surface area (Å²) in [5, 5.41) is 23.8. The largest absolute Gasteiger partial charge is 0.473 e. The van der Waals surface area contributed by atoms with Crippen molar-refractivity contribution in [2.45, 2.75) is 19.4 Å². The number of aliphatic carboxylic acids is 2. The van der Waals surface area contributed by atoms with Crippen molar-refractivity contribution < 1.29 is 24.9 Å². The number of carbonyl (C=O) groups is 2. The first kappa shape index (κ1) is 14.1. The Morgan fingerprint density at radius 2 is 1.56 bits per heavy atom. The molecular formula is C11H14O5. The number of rotatable bonds is 2. The predicted molar refractivity (Wildman–Crippen MR) is 57.1 cm³/mol. The van der Waals surface area contributed by atoms with Gasteiger partial charge in [0.15, 0.2) is 0 Å². The second-order valence-corrected chi connectivity index (χ2v) is 3.15. The highest BCUT2D eigenvalue weighted by atomic mass is 16.4. The molecule has 16 heavy (non-hydrogen) atoms. The molecule has 0 fully saturated rings. The van der Waals surface area contributed by atoms with E-state index >= 15 is 0 Å². The van der Waals surface area contributed by atoms with Gasteiger partial charge in [0.2, 0.25) is 0 Å². The number of hydrogen-bond donors (Lipinski definition) is 3. The van der Waals surface area contributed by atoms with Crippen LogP contribution in [0.3, 0.4) is 0 Å². The minimum absolute atomic E-state index is 0.234. The van der Waals surface area contributed by atoms with E-state index in [1.54, 1.807) is 6.92 Å². The second-order valence-electron chi connectivity index (χ2n) is 3.15. The van der Waals surface area contributed by atoms with Crippen molar-refractivity contribution in [2.75, 3.05) is 0 Å². The van der Waals surface area contributed by atoms with Gasteiger partial charge in [0, 0.05) is 0 Å². The van der Waals surface area contributed by atoms with E-state index in [0.29, 0.717) is 0 Å². The van der Waals surface area contributed by atoms with Crippen LogP contribution >= 0.6 is 0 Å². The van der Waals surface area contributed by atoms with E-state index in [1.807, 2.05) is 30.3 Å². The molecule has 0 saturated heterocycles. The molecule has 0 radical (unpaired) electrons. The summed E-state index contributed by atoms with van der Waals surface area (Å²) < 4.78 is 0. The van der Waals surface area contributed by atoms with Crippen molar-refractivity contribution in [2.24, 2.45) is 0 Å². The lowest BCUT2D eigenvalue weighted by Gasteiger charge is -2.01. The highest BCUT2D eigenvalue weighted by Crippen LogP contribution is 2.01. The van der Waals surface area contributed by atoms with E-state index < -0.39 is 11.9 Å². The SMILES string of the molecule is CC(O)Cc1ccccc1.O=C(O)C(=O)O. The molecule has 0 aliphatic carbocycles. The Balaban J connectivity index is 0.000000325. The topological polar surface area (TPSA) is 94.8 Å². The third-order valence-corrected chi connectivity index (χ3v) is 1.56. The molecule has 0 spiro atoms. The fourth-order valence-electron chi connectivity index (χ4n) is 0.955. The standard InChI is InChI=1S/C9H12O.C2H2O4/c1-8(10)7-9-5-3-2-4-6-9;3-1(4)2(5)6/h2-6,8,10H,7H2,1H3;(H,3,4)(H,5,6). The van der Waals surface area contributed by atoms with Gasteiger partial charge in [0.1, 0.15) is 0 Å². The molecule has 1 rings (SSSR count). The molecule has 1 unspecified atom stereocenters. The fourth-order valence-corrected chi connectivity index (χ4v) is 0.955. The lowest BCUT2D eigenvalue weighted by Crippen LogP contribution is -2.09. The lowest BCUT2D eigenvalue weighted by atomic mass is 10.1. The zero-order valence-electron chi connectivity index (χ0n) is 8.83. The average Bonchev–Trinajstić information content (AvgIpc) is 2.19. The molecule has 88 valence electrons. The molecule has 5 heteroatoms. The Hall–Kier alpha value is -1.88. The summed E-state index contributed by atoms with van der Waals surface area (Å²) >= 11 is 0. The zero-order chi connectivity index (χ0) is 12.6. The van der Waals surface area contributed by atoms with Gasteiger partial charge >= 0.3 is 11.9 Å². The van der Waals surface area contributed by atoms with Crippen LogP contribution in [0.4, 0.5) is 0 Å². The molecule has 0 heterocycles. The van der Waals surface area contributed by atoms with E-state index in [9.17, 15) is 0 Å². The number of benzene rings is 1. The van der Waals surface area contributed by atoms with Crippen LogP contribution < -0.4 is 0 Å². The highest BCUT2D eigenvalue weighted by Gasteiger charge is 2.04. The first-order valence-electron chi connectivity index (χ1n) is 4.61. The smallest absolute Gasteiger partial charge is 0.414 e. The molecule has 3 N–H and O–H groups in total. The van der Waals surface area contributed by atoms with E-state index in [2.05, 4.69) is 0 Å². The van der Waals surface area contributed by atoms with Crippen LogP contribution in [0.2, 0.25) is 0 Å². The number of carboxylic acids is 2. The maximum absolute atomic E-state index is 9.10. The predicted octanol–water partition coefficient (Wildman–Crippen LogP) is 0.765. The van der Waals surface area contributed by atoms with Gasteiger partial charge in [-0.25, -0.2) is 9.59 Å². The Kier molecular flexibility index (Phi) is 6.55. The van der Waals surface area contributed by atoms with Crippen molar-refractivity contribution in [3.8, 4) is 0 Å². The summed E-state index contributed by atoms with van der Waals surface area (Å²) in [7, 11) is 0. The third kappa shape index (κ3) is 7.52. The summed E-state index contributed by atoms with van der Waals surface area (Å²) in [6.07, 6.45) is 0.517. The normalized spacial score (nSPS) is 10.9. The van der Waals surface area contributed by atoms with Crippen molar-refractivity contribution in [3.63, 3.8) is 0 Å². The molecule has 0 aliphatic heterocycles. The van der Waals surface area contributed by atoms with Crippen LogP contribution in [0.1, 0.15) is 12.5 Å². The fraction of sp³-hybridized carbons (Fsp3) is 0.273. The van der Waals surface area contributed by atoms with Crippen molar-refractivity contribution in [1.29, 1.82) is 0 Å². The molecule has 0 amide bonds. The summed E-state index contributed by atoms with van der Waals surface area (Å²) in [5.74, 6) is -3.65. The van der Waals surface area contributed by atoms with E-state index in [1.165, 1.54) is 5.56 Å². The first-order chi connectivity index (χ1) is 7.43. The Morgan fingerprint density at radius 1 is 1.12 bits per heavy atom. The summed E-state index contributed by atoms with van der Waals surface area (Å²) in [5.41, 5.74) is 1.19. The molecule has 0 aliphatic rings.